The molecule has 4 N–H and O–H groups in total. The number of rotatable bonds is 2. The van der Waals surface area contributed by atoms with Gasteiger partial charge in [-0.2, -0.15) is 0 Å². The fourth-order valence-corrected chi connectivity index (χ4v) is 2.84. The molecular weight excluding hydrogens is 290 g/mol. The molecule has 0 radical (unpaired) electrons. The third-order valence-corrected chi connectivity index (χ3v) is 3.85. The van der Waals surface area contributed by atoms with Gasteiger partial charge in [0.25, 0.3) is 5.91 Å². The minimum Gasteiger partial charge on any atom is -0.383 e. The second kappa shape index (κ2) is 4.81. The maximum atomic E-state index is 11.6. The molecule has 3 heterocycles. The standard InChI is InChI=1S/C17H13N5O/c18-15-13(16(19)23)8-12-11-5-1-2-6-14(11)22(17(12)21-15)10-4-3-7-20-9-10/h1-9H,(H2,18,21)(H2,19,23). The molecule has 23 heavy (non-hydrogen) atoms. The maximum Gasteiger partial charge on any atom is 0.252 e. The van der Waals surface area contributed by atoms with E-state index >= 15 is 0 Å². The number of amides is 1. The number of primary amides is 1. The quantitative estimate of drug-likeness (QED) is 0.593. The zero-order valence-electron chi connectivity index (χ0n) is 12.1. The van der Waals surface area contributed by atoms with Crippen LogP contribution in [-0.2, 0) is 0 Å². The van der Waals surface area contributed by atoms with Gasteiger partial charge >= 0.3 is 0 Å². The van der Waals surface area contributed by atoms with Gasteiger partial charge in [-0.3, -0.25) is 14.3 Å². The number of nitrogens with two attached hydrogens (primary N) is 2. The number of carbonyl (C=O) groups is 1. The van der Waals surface area contributed by atoms with Crippen LogP contribution < -0.4 is 11.5 Å². The first-order chi connectivity index (χ1) is 11.2. The zero-order valence-corrected chi connectivity index (χ0v) is 12.1. The van der Waals surface area contributed by atoms with E-state index in [0.29, 0.717) is 5.65 Å². The number of fused-ring (bicyclic) bond motifs is 3. The molecule has 0 spiro atoms. The first-order valence-corrected chi connectivity index (χ1v) is 7.06. The first kappa shape index (κ1) is 13.3. The average molecular weight is 303 g/mol. The summed E-state index contributed by atoms with van der Waals surface area (Å²) >= 11 is 0. The van der Waals surface area contributed by atoms with Gasteiger partial charge < -0.3 is 11.5 Å². The molecule has 0 atom stereocenters. The molecule has 0 bridgehead atoms. The highest BCUT2D eigenvalue weighted by molar-refractivity contribution is 6.11. The monoisotopic (exact) mass is 303 g/mol. The smallest absolute Gasteiger partial charge is 0.252 e. The SMILES string of the molecule is NC(=O)c1cc2c3ccccc3n(-c3cccnc3)c2nc1N. The maximum absolute atomic E-state index is 11.6. The normalized spacial score (nSPS) is 11.1. The highest BCUT2D eigenvalue weighted by atomic mass is 16.1. The van der Waals surface area contributed by atoms with Crippen LogP contribution in [0.1, 0.15) is 10.4 Å². The van der Waals surface area contributed by atoms with Gasteiger partial charge in [0.05, 0.1) is 23.0 Å². The number of hydrogen-bond donors (Lipinski definition) is 2. The summed E-state index contributed by atoms with van der Waals surface area (Å²) in [4.78, 5) is 20.2. The molecule has 0 saturated carbocycles. The van der Waals surface area contributed by atoms with Crippen LogP contribution in [0.25, 0.3) is 27.6 Å². The first-order valence-electron chi connectivity index (χ1n) is 7.06. The van der Waals surface area contributed by atoms with Crippen molar-refractivity contribution >= 4 is 33.7 Å². The van der Waals surface area contributed by atoms with Gasteiger partial charge in [0.2, 0.25) is 0 Å². The predicted molar refractivity (Wildman–Crippen MR) is 89.3 cm³/mol. The van der Waals surface area contributed by atoms with Crippen molar-refractivity contribution in [2.24, 2.45) is 5.73 Å². The Bertz CT molecular complexity index is 1050. The molecule has 0 fully saturated rings. The van der Waals surface area contributed by atoms with Gasteiger partial charge in [-0.1, -0.05) is 18.2 Å². The molecule has 3 aromatic heterocycles. The number of nitrogen functional groups attached to an aromatic ring is 1. The third kappa shape index (κ3) is 1.92. The largest absolute Gasteiger partial charge is 0.383 e. The Balaban J connectivity index is 2.20. The van der Waals surface area contributed by atoms with Gasteiger partial charge in [0.15, 0.2) is 0 Å². The molecular formula is C17H13N5O. The Morgan fingerprint density at radius 3 is 2.65 bits per heavy atom. The van der Waals surface area contributed by atoms with Crippen LogP contribution >= 0.6 is 0 Å². The lowest BCUT2D eigenvalue weighted by Gasteiger charge is -2.07. The number of anilines is 1. The van der Waals surface area contributed by atoms with Crippen LogP contribution in [-0.4, -0.2) is 20.4 Å². The molecule has 0 aliphatic rings. The van der Waals surface area contributed by atoms with Gasteiger partial charge in [-0.25, -0.2) is 4.98 Å². The second-order valence-corrected chi connectivity index (χ2v) is 5.22. The van der Waals surface area contributed by atoms with Crippen molar-refractivity contribution in [3.05, 3.63) is 60.4 Å². The van der Waals surface area contributed by atoms with Gasteiger partial charge in [0.1, 0.15) is 11.5 Å². The molecule has 0 saturated heterocycles. The Morgan fingerprint density at radius 2 is 1.91 bits per heavy atom. The number of pyridine rings is 2. The minimum atomic E-state index is -0.588. The summed E-state index contributed by atoms with van der Waals surface area (Å²) < 4.78 is 1.97. The average Bonchev–Trinajstić information content (AvgIpc) is 2.88. The molecule has 0 aliphatic heterocycles. The fraction of sp³-hybridized carbons (Fsp3) is 0. The molecule has 0 unspecified atom stereocenters. The van der Waals surface area contributed by atoms with Gasteiger partial charge in [-0.05, 0) is 24.3 Å². The summed E-state index contributed by atoms with van der Waals surface area (Å²) in [5, 5.41) is 1.80. The van der Waals surface area contributed by atoms with Crippen molar-refractivity contribution < 1.29 is 4.79 Å². The van der Waals surface area contributed by atoms with Crippen molar-refractivity contribution in [1.82, 2.24) is 14.5 Å². The summed E-state index contributed by atoms with van der Waals surface area (Å²) in [6.07, 6.45) is 3.47. The molecule has 112 valence electrons. The van der Waals surface area contributed by atoms with E-state index in [2.05, 4.69) is 9.97 Å². The molecule has 6 heteroatoms. The lowest BCUT2D eigenvalue weighted by Crippen LogP contribution is -2.14. The number of nitrogens with zero attached hydrogens (tertiary/aromatic N) is 3. The summed E-state index contributed by atoms with van der Waals surface area (Å²) in [6.45, 7) is 0. The molecule has 1 amide bonds. The lowest BCUT2D eigenvalue weighted by atomic mass is 10.1. The van der Waals surface area contributed by atoms with E-state index in [9.17, 15) is 4.79 Å². The van der Waals surface area contributed by atoms with Crippen molar-refractivity contribution in [3.8, 4) is 5.69 Å². The van der Waals surface area contributed by atoms with Gasteiger partial charge in [0, 0.05) is 17.0 Å². The Morgan fingerprint density at radius 1 is 1.09 bits per heavy atom. The number of hydrogen-bond acceptors (Lipinski definition) is 4. The molecule has 4 aromatic rings. The second-order valence-electron chi connectivity index (χ2n) is 5.22. The van der Waals surface area contributed by atoms with Crippen LogP contribution in [0.4, 0.5) is 5.82 Å². The summed E-state index contributed by atoms with van der Waals surface area (Å²) in [6, 6.07) is 13.4. The Kier molecular flexibility index (Phi) is 2.77. The topological polar surface area (TPSA) is 99.8 Å². The van der Waals surface area contributed by atoms with E-state index in [1.54, 1.807) is 18.5 Å². The van der Waals surface area contributed by atoms with E-state index in [1.807, 2.05) is 41.0 Å². The molecule has 4 rings (SSSR count). The summed E-state index contributed by atoms with van der Waals surface area (Å²) in [7, 11) is 0. The number of aromatic nitrogens is 3. The zero-order chi connectivity index (χ0) is 16.0. The van der Waals surface area contributed by atoms with Crippen molar-refractivity contribution in [2.75, 3.05) is 5.73 Å². The van der Waals surface area contributed by atoms with Crippen LogP contribution in [0, 0.1) is 0 Å². The fourth-order valence-electron chi connectivity index (χ4n) is 2.84. The molecule has 1 aromatic carbocycles. The summed E-state index contributed by atoms with van der Waals surface area (Å²) in [5.41, 5.74) is 14.0. The molecule has 6 nitrogen and oxygen atoms in total. The third-order valence-electron chi connectivity index (χ3n) is 3.85. The molecule has 0 aliphatic carbocycles. The van der Waals surface area contributed by atoms with Crippen molar-refractivity contribution in [1.29, 1.82) is 0 Å². The highest BCUT2D eigenvalue weighted by Gasteiger charge is 2.17. The van der Waals surface area contributed by atoms with Crippen LogP contribution in [0.3, 0.4) is 0 Å². The van der Waals surface area contributed by atoms with E-state index in [0.717, 1.165) is 22.0 Å². The lowest BCUT2D eigenvalue weighted by molar-refractivity contribution is 0.100. The van der Waals surface area contributed by atoms with E-state index in [1.165, 1.54) is 0 Å². The van der Waals surface area contributed by atoms with Crippen molar-refractivity contribution in [3.63, 3.8) is 0 Å². The Hall–Kier alpha value is -3.41. The predicted octanol–water partition coefficient (Wildman–Crippen LogP) is 2.25. The number of benzene rings is 1. The van der Waals surface area contributed by atoms with Crippen LogP contribution in [0.5, 0.6) is 0 Å². The van der Waals surface area contributed by atoms with Crippen molar-refractivity contribution in [2.45, 2.75) is 0 Å². The Labute approximate surface area is 131 Å². The summed E-state index contributed by atoms with van der Waals surface area (Å²) in [5.74, 6) is -0.465. The minimum absolute atomic E-state index is 0.123. The van der Waals surface area contributed by atoms with E-state index in [-0.39, 0.29) is 11.4 Å². The van der Waals surface area contributed by atoms with E-state index in [4.69, 9.17) is 11.5 Å². The number of carbonyl (C=O) groups excluding carboxylic acids is 1. The number of para-hydroxylation sites is 1. The van der Waals surface area contributed by atoms with Crippen LogP contribution in [0.2, 0.25) is 0 Å². The van der Waals surface area contributed by atoms with E-state index < -0.39 is 5.91 Å². The van der Waals surface area contributed by atoms with Crippen LogP contribution in [0.15, 0.2) is 54.9 Å². The van der Waals surface area contributed by atoms with Gasteiger partial charge in [-0.15, -0.1) is 0 Å². The highest BCUT2D eigenvalue weighted by Crippen LogP contribution is 2.32.